The van der Waals surface area contributed by atoms with Gasteiger partial charge in [0.2, 0.25) is 5.91 Å². The predicted octanol–water partition coefficient (Wildman–Crippen LogP) is 1.61. The highest BCUT2D eigenvalue weighted by Gasteiger charge is 2.10. The van der Waals surface area contributed by atoms with Crippen LogP contribution in [0, 0.1) is 5.92 Å². The van der Waals surface area contributed by atoms with Crippen LogP contribution in [0.4, 0.5) is 0 Å². The van der Waals surface area contributed by atoms with Crippen LogP contribution < -0.4 is 5.32 Å². The van der Waals surface area contributed by atoms with E-state index in [1.807, 2.05) is 37.3 Å². The molecular weight excluding hydrogens is 162 g/mol. The van der Waals surface area contributed by atoms with Crippen molar-refractivity contribution in [2.45, 2.75) is 13.3 Å². The van der Waals surface area contributed by atoms with Crippen LogP contribution in [0.5, 0.6) is 0 Å². The van der Waals surface area contributed by atoms with E-state index in [0.717, 1.165) is 6.42 Å². The highest BCUT2D eigenvalue weighted by Crippen LogP contribution is 2.07. The summed E-state index contributed by atoms with van der Waals surface area (Å²) in [7, 11) is 1.67. The van der Waals surface area contributed by atoms with Gasteiger partial charge in [-0.1, -0.05) is 37.3 Å². The van der Waals surface area contributed by atoms with Crippen LogP contribution in [0.15, 0.2) is 30.3 Å². The van der Waals surface area contributed by atoms with E-state index in [4.69, 9.17) is 0 Å². The van der Waals surface area contributed by atoms with Gasteiger partial charge in [0.25, 0.3) is 0 Å². The minimum absolute atomic E-state index is 0.0485. The van der Waals surface area contributed by atoms with Crippen LogP contribution in [-0.4, -0.2) is 13.0 Å². The molecule has 1 unspecified atom stereocenters. The molecule has 1 aromatic carbocycles. The smallest absolute Gasteiger partial charge is 0.222 e. The highest BCUT2D eigenvalue weighted by atomic mass is 16.1. The third-order valence-electron chi connectivity index (χ3n) is 2.08. The number of carbonyl (C=O) groups excluding carboxylic acids is 1. The molecule has 0 saturated carbocycles. The van der Waals surface area contributed by atoms with Gasteiger partial charge in [0.1, 0.15) is 0 Å². The molecule has 2 nitrogen and oxygen atoms in total. The van der Waals surface area contributed by atoms with Crippen LogP contribution >= 0.6 is 0 Å². The molecule has 1 aromatic rings. The standard InChI is InChI=1S/C11H15NO/c1-9(11(13)12-2)8-10-6-4-3-5-7-10/h3-7,9H,8H2,1-2H3,(H,12,13). The zero-order chi connectivity index (χ0) is 9.68. The first-order valence-corrected chi connectivity index (χ1v) is 4.49. The predicted molar refractivity (Wildman–Crippen MR) is 53.4 cm³/mol. The summed E-state index contributed by atoms with van der Waals surface area (Å²) in [6.45, 7) is 1.94. The van der Waals surface area contributed by atoms with Crippen molar-refractivity contribution in [2.24, 2.45) is 5.92 Å². The summed E-state index contributed by atoms with van der Waals surface area (Å²) in [5.41, 5.74) is 1.21. The molecular formula is C11H15NO. The van der Waals surface area contributed by atoms with Crippen LogP contribution in [0.2, 0.25) is 0 Å². The maximum Gasteiger partial charge on any atom is 0.222 e. The fraction of sp³-hybridized carbons (Fsp3) is 0.364. The Morgan fingerprint density at radius 2 is 2.00 bits per heavy atom. The lowest BCUT2D eigenvalue weighted by Gasteiger charge is -2.09. The fourth-order valence-electron chi connectivity index (χ4n) is 1.31. The number of rotatable bonds is 3. The second-order valence-electron chi connectivity index (χ2n) is 3.21. The molecule has 0 bridgehead atoms. The molecule has 13 heavy (non-hydrogen) atoms. The summed E-state index contributed by atoms with van der Waals surface area (Å²) >= 11 is 0. The van der Waals surface area contributed by atoms with Gasteiger partial charge in [0.05, 0.1) is 0 Å². The molecule has 70 valence electrons. The lowest BCUT2D eigenvalue weighted by molar-refractivity contribution is -0.123. The third kappa shape index (κ3) is 2.90. The van der Waals surface area contributed by atoms with E-state index in [1.165, 1.54) is 5.56 Å². The summed E-state index contributed by atoms with van der Waals surface area (Å²) in [5, 5.41) is 2.65. The number of amides is 1. The van der Waals surface area contributed by atoms with Crippen LogP contribution in [-0.2, 0) is 11.2 Å². The van der Waals surface area contributed by atoms with E-state index < -0.39 is 0 Å². The first-order chi connectivity index (χ1) is 6.24. The number of benzene rings is 1. The largest absolute Gasteiger partial charge is 0.359 e. The van der Waals surface area contributed by atoms with Crippen molar-refractivity contribution in [1.82, 2.24) is 5.32 Å². The second-order valence-corrected chi connectivity index (χ2v) is 3.21. The van der Waals surface area contributed by atoms with Crippen molar-refractivity contribution in [1.29, 1.82) is 0 Å². The topological polar surface area (TPSA) is 29.1 Å². The van der Waals surface area contributed by atoms with Crippen molar-refractivity contribution in [2.75, 3.05) is 7.05 Å². The Balaban J connectivity index is 2.55. The van der Waals surface area contributed by atoms with E-state index in [-0.39, 0.29) is 11.8 Å². The average molecular weight is 177 g/mol. The van der Waals surface area contributed by atoms with Crippen LogP contribution in [0.3, 0.4) is 0 Å². The fourth-order valence-corrected chi connectivity index (χ4v) is 1.31. The van der Waals surface area contributed by atoms with E-state index in [0.29, 0.717) is 0 Å². The summed E-state index contributed by atoms with van der Waals surface area (Å²) in [4.78, 5) is 11.2. The monoisotopic (exact) mass is 177 g/mol. The van der Waals surface area contributed by atoms with Gasteiger partial charge in [-0.05, 0) is 12.0 Å². The second kappa shape index (κ2) is 4.65. The lowest BCUT2D eigenvalue weighted by Crippen LogP contribution is -2.26. The molecule has 0 spiro atoms. The van der Waals surface area contributed by atoms with Crippen molar-refractivity contribution in [3.63, 3.8) is 0 Å². The number of carbonyl (C=O) groups is 1. The Kier molecular flexibility index (Phi) is 3.50. The van der Waals surface area contributed by atoms with Gasteiger partial charge in [-0.2, -0.15) is 0 Å². The third-order valence-corrected chi connectivity index (χ3v) is 2.08. The van der Waals surface area contributed by atoms with Gasteiger partial charge in [0.15, 0.2) is 0 Å². The number of nitrogens with one attached hydrogen (secondary N) is 1. The molecule has 2 heteroatoms. The molecule has 1 rings (SSSR count). The Hall–Kier alpha value is -1.31. The Morgan fingerprint density at radius 1 is 1.38 bits per heavy atom. The Labute approximate surface area is 79.0 Å². The minimum atomic E-state index is 0.0485. The molecule has 1 amide bonds. The van der Waals surface area contributed by atoms with Crippen molar-refractivity contribution < 1.29 is 4.79 Å². The van der Waals surface area contributed by atoms with E-state index >= 15 is 0 Å². The molecule has 0 saturated heterocycles. The molecule has 1 N–H and O–H groups in total. The molecule has 0 aliphatic carbocycles. The molecule has 1 atom stereocenters. The number of hydrogen-bond acceptors (Lipinski definition) is 1. The van der Waals surface area contributed by atoms with E-state index in [2.05, 4.69) is 5.32 Å². The Bertz CT molecular complexity index is 269. The molecule has 0 radical (unpaired) electrons. The molecule has 0 aliphatic heterocycles. The first kappa shape index (κ1) is 9.78. The normalized spacial score (nSPS) is 12.2. The Morgan fingerprint density at radius 3 is 2.54 bits per heavy atom. The average Bonchev–Trinajstić information content (AvgIpc) is 2.18. The molecule has 0 aromatic heterocycles. The minimum Gasteiger partial charge on any atom is -0.359 e. The quantitative estimate of drug-likeness (QED) is 0.746. The maximum atomic E-state index is 11.2. The summed E-state index contributed by atoms with van der Waals surface area (Å²) in [6, 6.07) is 10.0. The van der Waals surface area contributed by atoms with Gasteiger partial charge in [-0.15, -0.1) is 0 Å². The molecule has 0 aliphatic rings. The molecule has 0 fully saturated rings. The van der Waals surface area contributed by atoms with Crippen molar-refractivity contribution >= 4 is 5.91 Å². The van der Waals surface area contributed by atoms with Gasteiger partial charge >= 0.3 is 0 Å². The van der Waals surface area contributed by atoms with E-state index in [1.54, 1.807) is 7.05 Å². The van der Waals surface area contributed by atoms with Crippen molar-refractivity contribution in [3.8, 4) is 0 Å². The van der Waals surface area contributed by atoms with Crippen LogP contribution in [0.1, 0.15) is 12.5 Å². The zero-order valence-corrected chi connectivity index (χ0v) is 8.08. The summed E-state index contributed by atoms with van der Waals surface area (Å²) < 4.78 is 0. The molecule has 0 heterocycles. The van der Waals surface area contributed by atoms with Crippen LogP contribution in [0.25, 0.3) is 0 Å². The SMILES string of the molecule is CNC(=O)C(C)Cc1ccccc1. The lowest BCUT2D eigenvalue weighted by atomic mass is 10.0. The van der Waals surface area contributed by atoms with Gasteiger partial charge in [-0.3, -0.25) is 4.79 Å². The summed E-state index contributed by atoms with van der Waals surface area (Å²) in [6.07, 6.45) is 0.806. The number of hydrogen-bond donors (Lipinski definition) is 1. The van der Waals surface area contributed by atoms with E-state index in [9.17, 15) is 4.79 Å². The zero-order valence-electron chi connectivity index (χ0n) is 8.08. The maximum absolute atomic E-state index is 11.2. The van der Waals surface area contributed by atoms with Gasteiger partial charge < -0.3 is 5.32 Å². The summed E-state index contributed by atoms with van der Waals surface area (Å²) in [5.74, 6) is 0.149. The van der Waals surface area contributed by atoms with Gasteiger partial charge in [-0.25, -0.2) is 0 Å². The highest BCUT2D eigenvalue weighted by molar-refractivity contribution is 5.78. The first-order valence-electron chi connectivity index (χ1n) is 4.49. The van der Waals surface area contributed by atoms with Crippen molar-refractivity contribution in [3.05, 3.63) is 35.9 Å². The van der Waals surface area contributed by atoms with Gasteiger partial charge in [0, 0.05) is 13.0 Å².